The van der Waals surface area contributed by atoms with E-state index in [0.717, 1.165) is 18.5 Å². The summed E-state index contributed by atoms with van der Waals surface area (Å²) in [5.41, 5.74) is 0.340. The van der Waals surface area contributed by atoms with Crippen molar-refractivity contribution in [1.29, 1.82) is 0 Å². The SMILES string of the molecule is O=C1CCC2(c3cccc([N+](=O)[O-])c3)NCCCN12. The van der Waals surface area contributed by atoms with Crippen LogP contribution in [-0.2, 0) is 10.5 Å². The van der Waals surface area contributed by atoms with Crippen LogP contribution in [0.1, 0.15) is 24.8 Å². The second-order valence-corrected chi connectivity index (χ2v) is 4.99. The fourth-order valence-electron chi connectivity index (χ4n) is 3.08. The van der Waals surface area contributed by atoms with Crippen molar-refractivity contribution in [2.45, 2.75) is 24.9 Å². The maximum absolute atomic E-state index is 12.0. The minimum Gasteiger partial charge on any atom is -0.320 e. The zero-order valence-corrected chi connectivity index (χ0v) is 10.5. The molecule has 0 aliphatic carbocycles. The molecule has 1 aromatic rings. The number of nitrogens with one attached hydrogen (secondary N) is 1. The summed E-state index contributed by atoms with van der Waals surface area (Å²) in [7, 11) is 0. The van der Waals surface area contributed by atoms with Gasteiger partial charge in [-0.3, -0.25) is 20.2 Å². The Hall–Kier alpha value is -1.95. The van der Waals surface area contributed by atoms with Gasteiger partial charge in [0.25, 0.3) is 5.69 Å². The molecule has 3 rings (SSSR count). The van der Waals surface area contributed by atoms with Crippen molar-refractivity contribution in [3.05, 3.63) is 39.9 Å². The third kappa shape index (κ3) is 1.79. The Morgan fingerprint density at radius 2 is 2.26 bits per heavy atom. The minimum atomic E-state index is -0.540. The number of hydrogen-bond acceptors (Lipinski definition) is 4. The van der Waals surface area contributed by atoms with Gasteiger partial charge in [0.15, 0.2) is 0 Å². The standard InChI is InChI=1S/C13H15N3O3/c17-12-5-6-13(14-7-2-8-15(12)13)10-3-1-4-11(9-10)16(18)19/h1,3-4,9,14H,2,5-8H2. The van der Waals surface area contributed by atoms with Crippen LogP contribution in [0.4, 0.5) is 5.69 Å². The van der Waals surface area contributed by atoms with Gasteiger partial charge in [-0.1, -0.05) is 12.1 Å². The molecule has 1 aromatic carbocycles. The second kappa shape index (κ2) is 4.31. The van der Waals surface area contributed by atoms with Gasteiger partial charge in [0.05, 0.1) is 4.92 Å². The molecular formula is C13H15N3O3. The molecule has 6 nitrogen and oxygen atoms in total. The summed E-state index contributed by atoms with van der Waals surface area (Å²) in [6.45, 7) is 1.54. The zero-order valence-electron chi connectivity index (χ0n) is 10.5. The number of benzene rings is 1. The van der Waals surface area contributed by atoms with Gasteiger partial charge in [-0.2, -0.15) is 0 Å². The van der Waals surface area contributed by atoms with Gasteiger partial charge in [0, 0.05) is 25.1 Å². The Kier molecular flexibility index (Phi) is 2.74. The summed E-state index contributed by atoms with van der Waals surface area (Å²) in [5, 5.41) is 14.3. The summed E-state index contributed by atoms with van der Waals surface area (Å²) < 4.78 is 0. The fraction of sp³-hybridized carbons (Fsp3) is 0.462. The minimum absolute atomic E-state index is 0.0681. The lowest BCUT2D eigenvalue weighted by atomic mass is 9.94. The molecule has 2 aliphatic heterocycles. The van der Waals surface area contributed by atoms with Gasteiger partial charge in [-0.25, -0.2) is 0 Å². The Morgan fingerprint density at radius 3 is 3.05 bits per heavy atom. The number of hydrogen-bond donors (Lipinski definition) is 1. The van der Waals surface area contributed by atoms with Crippen LogP contribution in [0, 0.1) is 10.1 Å². The van der Waals surface area contributed by atoms with Gasteiger partial charge in [0.2, 0.25) is 5.91 Å². The van der Waals surface area contributed by atoms with Crippen LogP contribution in [0.25, 0.3) is 0 Å². The number of nitrogens with zero attached hydrogens (tertiary/aromatic N) is 2. The number of amides is 1. The molecule has 2 saturated heterocycles. The van der Waals surface area contributed by atoms with Crippen LogP contribution in [0.15, 0.2) is 24.3 Å². The lowest BCUT2D eigenvalue weighted by Crippen LogP contribution is -2.58. The van der Waals surface area contributed by atoms with E-state index in [1.165, 1.54) is 6.07 Å². The molecule has 1 N–H and O–H groups in total. The van der Waals surface area contributed by atoms with E-state index in [2.05, 4.69) is 5.32 Å². The topological polar surface area (TPSA) is 75.5 Å². The number of rotatable bonds is 2. The maximum atomic E-state index is 12.0. The number of nitro groups is 1. The first-order chi connectivity index (χ1) is 9.13. The smallest absolute Gasteiger partial charge is 0.269 e. The predicted molar refractivity (Wildman–Crippen MR) is 68.3 cm³/mol. The molecule has 1 unspecified atom stereocenters. The van der Waals surface area contributed by atoms with Crippen molar-refractivity contribution < 1.29 is 9.72 Å². The molecule has 0 spiro atoms. The lowest BCUT2D eigenvalue weighted by molar-refractivity contribution is -0.385. The van der Waals surface area contributed by atoms with E-state index in [1.807, 2.05) is 11.0 Å². The molecule has 2 fully saturated rings. The first kappa shape index (κ1) is 12.1. The fourth-order valence-corrected chi connectivity index (χ4v) is 3.08. The van der Waals surface area contributed by atoms with Crippen LogP contribution in [-0.4, -0.2) is 28.8 Å². The molecule has 2 heterocycles. The highest BCUT2D eigenvalue weighted by molar-refractivity contribution is 5.80. The first-order valence-corrected chi connectivity index (χ1v) is 6.44. The van der Waals surface area contributed by atoms with Gasteiger partial charge >= 0.3 is 0 Å². The number of carbonyl (C=O) groups is 1. The number of non-ortho nitro benzene ring substituents is 1. The molecule has 100 valence electrons. The number of carbonyl (C=O) groups excluding carboxylic acids is 1. The van der Waals surface area contributed by atoms with Crippen molar-refractivity contribution in [1.82, 2.24) is 10.2 Å². The molecule has 2 aliphatic rings. The molecule has 6 heteroatoms. The van der Waals surface area contributed by atoms with E-state index in [0.29, 0.717) is 19.4 Å². The third-order valence-corrected chi connectivity index (χ3v) is 3.97. The van der Waals surface area contributed by atoms with Crippen molar-refractivity contribution in [2.24, 2.45) is 0 Å². The van der Waals surface area contributed by atoms with E-state index in [9.17, 15) is 14.9 Å². The molecule has 0 saturated carbocycles. The Labute approximate surface area is 110 Å². The Bertz CT molecular complexity index is 546. The van der Waals surface area contributed by atoms with Gasteiger partial charge in [0.1, 0.15) is 5.66 Å². The molecular weight excluding hydrogens is 246 g/mol. The molecule has 0 bridgehead atoms. The predicted octanol–water partition coefficient (Wildman–Crippen LogP) is 1.36. The summed E-state index contributed by atoms with van der Waals surface area (Å²) in [4.78, 5) is 24.3. The maximum Gasteiger partial charge on any atom is 0.269 e. The number of nitro benzene ring substituents is 1. The van der Waals surface area contributed by atoms with E-state index in [-0.39, 0.29) is 11.6 Å². The summed E-state index contributed by atoms with van der Waals surface area (Å²) >= 11 is 0. The largest absolute Gasteiger partial charge is 0.320 e. The van der Waals surface area contributed by atoms with Crippen molar-refractivity contribution >= 4 is 11.6 Å². The average molecular weight is 261 g/mol. The van der Waals surface area contributed by atoms with Crippen LogP contribution in [0.2, 0.25) is 0 Å². The normalized spacial score (nSPS) is 26.3. The molecule has 19 heavy (non-hydrogen) atoms. The highest BCUT2D eigenvalue weighted by Crippen LogP contribution is 2.39. The first-order valence-electron chi connectivity index (χ1n) is 6.44. The van der Waals surface area contributed by atoms with Crippen molar-refractivity contribution in [3.63, 3.8) is 0 Å². The Balaban J connectivity index is 2.05. The monoisotopic (exact) mass is 261 g/mol. The quantitative estimate of drug-likeness (QED) is 0.644. The van der Waals surface area contributed by atoms with Gasteiger partial charge in [-0.15, -0.1) is 0 Å². The van der Waals surface area contributed by atoms with Crippen molar-refractivity contribution in [2.75, 3.05) is 13.1 Å². The van der Waals surface area contributed by atoms with Crippen LogP contribution in [0.5, 0.6) is 0 Å². The van der Waals surface area contributed by atoms with Crippen LogP contribution < -0.4 is 5.32 Å². The molecule has 1 amide bonds. The van der Waals surface area contributed by atoms with E-state index >= 15 is 0 Å². The molecule has 0 aromatic heterocycles. The van der Waals surface area contributed by atoms with Crippen LogP contribution in [0.3, 0.4) is 0 Å². The third-order valence-electron chi connectivity index (χ3n) is 3.97. The molecule has 0 radical (unpaired) electrons. The van der Waals surface area contributed by atoms with Crippen molar-refractivity contribution in [3.8, 4) is 0 Å². The highest BCUT2D eigenvalue weighted by atomic mass is 16.6. The summed E-state index contributed by atoms with van der Waals surface area (Å²) in [5.74, 6) is 0.124. The second-order valence-electron chi connectivity index (χ2n) is 4.99. The summed E-state index contributed by atoms with van der Waals surface area (Å²) in [6, 6.07) is 6.59. The lowest BCUT2D eigenvalue weighted by Gasteiger charge is -2.43. The molecule has 1 atom stereocenters. The van der Waals surface area contributed by atoms with E-state index < -0.39 is 10.6 Å². The van der Waals surface area contributed by atoms with Gasteiger partial charge < -0.3 is 4.90 Å². The Morgan fingerprint density at radius 1 is 1.42 bits per heavy atom. The van der Waals surface area contributed by atoms with E-state index in [4.69, 9.17) is 0 Å². The van der Waals surface area contributed by atoms with E-state index in [1.54, 1.807) is 12.1 Å². The average Bonchev–Trinajstić information content (AvgIpc) is 2.78. The zero-order chi connectivity index (χ0) is 13.5. The summed E-state index contributed by atoms with van der Waals surface area (Å²) in [6.07, 6.45) is 2.09. The number of fused-ring (bicyclic) bond motifs is 1. The van der Waals surface area contributed by atoms with Crippen LogP contribution >= 0.6 is 0 Å². The van der Waals surface area contributed by atoms with Gasteiger partial charge in [-0.05, 0) is 24.9 Å². The highest BCUT2D eigenvalue weighted by Gasteiger charge is 2.48.